The van der Waals surface area contributed by atoms with E-state index in [0.717, 1.165) is 18.1 Å². The van der Waals surface area contributed by atoms with E-state index in [9.17, 15) is 0 Å². The second-order valence-electron chi connectivity index (χ2n) is 6.05. The first-order valence-electron chi connectivity index (χ1n) is 7.82. The van der Waals surface area contributed by atoms with Crippen molar-refractivity contribution in [3.05, 3.63) is 39.0 Å². The third kappa shape index (κ3) is 3.03. The molecule has 2 aliphatic carbocycles. The molecule has 2 nitrogen and oxygen atoms in total. The second-order valence-corrected chi connectivity index (χ2v) is 7.30. The van der Waals surface area contributed by atoms with Gasteiger partial charge in [0.15, 0.2) is 0 Å². The average Bonchev–Trinajstić information content (AvgIpc) is 2.88. The molecule has 1 aromatic carbocycles. The Hall–Kier alpha value is -0.840. The van der Waals surface area contributed by atoms with E-state index in [2.05, 4.69) is 58.9 Å². The Balaban J connectivity index is 2.09. The molecule has 0 saturated heterocycles. The highest BCUT2D eigenvalue weighted by Gasteiger charge is 2.36. The molecule has 0 heterocycles. The maximum absolute atomic E-state index is 5.11. The number of fused-ring (bicyclic) bond motifs is 2. The minimum atomic E-state index is 0.687. The van der Waals surface area contributed by atoms with Crippen molar-refractivity contribution in [1.29, 1.82) is 0 Å². The molecule has 0 N–H and O–H groups in total. The minimum absolute atomic E-state index is 0.687. The number of hydrogen-bond donors (Lipinski definition) is 0. The van der Waals surface area contributed by atoms with Crippen molar-refractivity contribution in [2.75, 3.05) is 7.11 Å². The molecule has 0 aromatic heterocycles. The molecule has 21 heavy (non-hydrogen) atoms. The standard InChI is InChI=1S/C18H22INO/c1-3-17(20-21-2)18-14-5-4-12(10-14)11-16(18)13-6-8-15(19)9-7-13/h6-9,12,14H,3-5,10-11H2,1-2H3. The molecule has 2 aliphatic rings. The summed E-state index contributed by atoms with van der Waals surface area (Å²) in [4.78, 5) is 5.11. The predicted molar refractivity (Wildman–Crippen MR) is 96.3 cm³/mol. The van der Waals surface area contributed by atoms with Crippen molar-refractivity contribution < 1.29 is 4.84 Å². The third-order valence-electron chi connectivity index (χ3n) is 4.81. The second kappa shape index (κ2) is 6.51. The van der Waals surface area contributed by atoms with Gasteiger partial charge in [0.1, 0.15) is 7.11 Å². The van der Waals surface area contributed by atoms with Crippen molar-refractivity contribution in [2.24, 2.45) is 17.0 Å². The largest absolute Gasteiger partial charge is 0.399 e. The molecular weight excluding hydrogens is 373 g/mol. The summed E-state index contributed by atoms with van der Waals surface area (Å²) in [6.45, 7) is 2.18. The molecule has 1 saturated carbocycles. The van der Waals surface area contributed by atoms with Gasteiger partial charge in [0.25, 0.3) is 0 Å². The number of oxime groups is 1. The number of rotatable bonds is 4. The Morgan fingerprint density at radius 2 is 2.05 bits per heavy atom. The van der Waals surface area contributed by atoms with Gasteiger partial charge in [-0.2, -0.15) is 0 Å². The molecule has 0 aliphatic heterocycles. The van der Waals surface area contributed by atoms with E-state index in [1.165, 1.54) is 46.0 Å². The van der Waals surface area contributed by atoms with Crippen molar-refractivity contribution in [3.63, 3.8) is 0 Å². The van der Waals surface area contributed by atoms with Crippen LogP contribution in [0.15, 0.2) is 35.0 Å². The van der Waals surface area contributed by atoms with Gasteiger partial charge in [-0.3, -0.25) is 0 Å². The lowest BCUT2D eigenvalue weighted by Gasteiger charge is -2.27. The summed E-state index contributed by atoms with van der Waals surface area (Å²) in [5.74, 6) is 1.56. The smallest absolute Gasteiger partial charge is 0.106 e. The number of nitrogens with zero attached hydrogens (tertiary/aromatic N) is 1. The molecule has 0 radical (unpaired) electrons. The predicted octanol–water partition coefficient (Wildman–Crippen LogP) is 5.28. The summed E-state index contributed by atoms with van der Waals surface area (Å²) in [6.07, 6.45) is 6.17. The Labute approximate surface area is 140 Å². The van der Waals surface area contributed by atoms with Crippen LogP contribution in [0.3, 0.4) is 0 Å². The van der Waals surface area contributed by atoms with Gasteiger partial charge >= 0.3 is 0 Å². The Kier molecular flexibility index (Phi) is 4.67. The van der Waals surface area contributed by atoms with Gasteiger partial charge in [0.2, 0.25) is 0 Å². The maximum Gasteiger partial charge on any atom is 0.106 e. The van der Waals surface area contributed by atoms with E-state index in [0.29, 0.717) is 5.92 Å². The van der Waals surface area contributed by atoms with Gasteiger partial charge < -0.3 is 4.84 Å². The number of halogens is 1. The topological polar surface area (TPSA) is 21.6 Å². The summed E-state index contributed by atoms with van der Waals surface area (Å²) in [5.41, 5.74) is 5.52. The summed E-state index contributed by atoms with van der Waals surface area (Å²) >= 11 is 2.37. The van der Waals surface area contributed by atoms with Gasteiger partial charge in [-0.25, -0.2) is 0 Å². The van der Waals surface area contributed by atoms with Crippen LogP contribution in [0.25, 0.3) is 5.57 Å². The SMILES string of the molecule is CCC(=NOC)C1=C(c2ccc(I)cc2)CC2CCC1C2. The van der Waals surface area contributed by atoms with Crippen LogP contribution >= 0.6 is 22.6 Å². The van der Waals surface area contributed by atoms with Crippen molar-refractivity contribution in [3.8, 4) is 0 Å². The van der Waals surface area contributed by atoms with Crippen LogP contribution in [0, 0.1) is 15.4 Å². The summed E-state index contributed by atoms with van der Waals surface area (Å²) in [5, 5.41) is 4.33. The maximum atomic E-state index is 5.11. The molecule has 3 rings (SSSR count). The minimum Gasteiger partial charge on any atom is -0.399 e. The lowest BCUT2D eigenvalue weighted by atomic mass is 9.78. The molecule has 2 unspecified atom stereocenters. The van der Waals surface area contributed by atoms with E-state index in [1.54, 1.807) is 7.11 Å². The van der Waals surface area contributed by atoms with E-state index < -0.39 is 0 Å². The number of benzene rings is 1. The van der Waals surface area contributed by atoms with Gasteiger partial charge in [0.05, 0.1) is 5.71 Å². The van der Waals surface area contributed by atoms with E-state index in [1.807, 2.05) is 0 Å². The molecule has 112 valence electrons. The summed E-state index contributed by atoms with van der Waals surface area (Å²) in [6, 6.07) is 8.94. The normalized spacial score (nSPS) is 25.4. The summed E-state index contributed by atoms with van der Waals surface area (Å²) < 4.78 is 1.29. The average molecular weight is 395 g/mol. The first kappa shape index (κ1) is 15.1. The van der Waals surface area contributed by atoms with E-state index in [-0.39, 0.29) is 0 Å². The Morgan fingerprint density at radius 1 is 1.29 bits per heavy atom. The molecule has 0 spiro atoms. The van der Waals surface area contributed by atoms with Crippen molar-refractivity contribution in [1.82, 2.24) is 0 Å². The van der Waals surface area contributed by atoms with Gasteiger partial charge in [-0.1, -0.05) is 24.2 Å². The van der Waals surface area contributed by atoms with Crippen LogP contribution < -0.4 is 0 Å². The van der Waals surface area contributed by atoms with Gasteiger partial charge in [-0.15, -0.1) is 0 Å². The quantitative estimate of drug-likeness (QED) is 0.386. The molecular formula is C18H22INO. The lowest BCUT2D eigenvalue weighted by Crippen LogP contribution is -2.18. The molecule has 0 amide bonds. The van der Waals surface area contributed by atoms with Crippen LogP contribution in [0.5, 0.6) is 0 Å². The molecule has 1 aromatic rings. The van der Waals surface area contributed by atoms with Crippen molar-refractivity contribution in [2.45, 2.75) is 39.0 Å². The fourth-order valence-electron chi connectivity index (χ4n) is 3.92. The highest BCUT2D eigenvalue weighted by molar-refractivity contribution is 14.1. The summed E-state index contributed by atoms with van der Waals surface area (Å²) in [7, 11) is 1.65. The van der Waals surface area contributed by atoms with Gasteiger partial charge in [-0.05, 0) is 95.4 Å². The highest BCUT2D eigenvalue weighted by Crippen LogP contribution is 2.49. The van der Waals surface area contributed by atoms with Crippen LogP contribution in [0.2, 0.25) is 0 Å². The Morgan fingerprint density at radius 3 is 2.71 bits per heavy atom. The molecule has 3 heteroatoms. The van der Waals surface area contributed by atoms with Gasteiger partial charge in [0, 0.05) is 3.57 Å². The van der Waals surface area contributed by atoms with E-state index >= 15 is 0 Å². The van der Waals surface area contributed by atoms with Crippen molar-refractivity contribution >= 4 is 33.9 Å². The highest BCUT2D eigenvalue weighted by atomic mass is 127. The fourth-order valence-corrected chi connectivity index (χ4v) is 4.28. The molecule has 1 fully saturated rings. The zero-order chi connectivity index (χ0) is 14.8. The van der Waals surface area contributed by atoms with Crippen LogP contribution in [-0.2, 0) is 4.84 Å². The third-order valence-corrected chi connectivity index (χ3v) is 5.53. The Bertz CT molecular complexity index is 573. The first-order chi connectivity index (χ1) is 10.2. The van der Waals surface area contributed by atoms with Crippen LogP contribution in [0.1, 0.15) is 44.6 Å². The first-order valence-corrected chi connectivity index (χ1v) is 8.90. The zero-order valence-corrected chi connectivity index (χ0v) is 14.9. The lowest BCUT2D eigenvalue weighted by molar-refractivity contribution is 0.212. The van der Waals surface area contributed by atoms with Crippen LogP contribution in [0.4, 0.5) is 0 Å². The zero-order valence-electron chi connectivity index (χ0n) is 12.7. The van der Waals surface area contributed by atoms with E-state index in [4.69, 9.17) is 4.84 Å². The molecule has 2 atom stereocenters. The monoisotopic (exact) mass is 395 g/mol. The molecule has 2 bridgehead atoms. The van der Waals surface area contributed by atoms with Crippen LogP contribution in [-0.4, -0.2) is 12.8 Å². The fraction of sp³-hybridized carbons (Fsp3) is 0.500. The number of allylic oxidation sites excluding steroid dienone is 2. The number of hydrogen-bond acceptors (Lipinski definition) is 2.